The van der Waals surface area contributed by atoms with Gasteiger partial charge in [-0.15, -0.1) is 5.10 Å². The Bertz CT molecular complexity index is 1650. The average molecular weight is 577 g/mol. The van der Waals surface area contributed by atoms with Gasteiger partial charge in [-0.25, -0.2) is 13.6 Å². The van der Waals surface area contributed by atoms with Gasteiger partial charge in [-0.1, -0.05) is 0 Å². The van der Waals surface area contributed by atoms with Crippen LogP contribution >= 0.6 is 0 Å². The van der Waals surface area contributed by atoms with Gasteiger partial charge < -0.3 is 19.9 Å². The molecule has 12 heteroatoms. The second-order valence-electron chi connectivity index (χ2n) is 11.1. The van der Waals surface area contributed by atoms with Crippen LogP contribution < -0.4 is 10.2 Å². The van der Waals surface area contributed by atoms with Gasteiger partial charge in [-0.05, 0) is 70.3 Å². The Morgan fingerprint density at radius 1 is 1.00 bits per heavy atom. The first kappa shape index (κ1) is 28.8. The van der Waals surface area contributed by atoms with Gasteiger partial charge in [0.2, 0.25) is 0 Å². The molecule has 3 heterocycles. The average Bonchev–Trinajstić information content (AvgIpc) is 3.30. The van der Waals surface area contributed by atoms with Crippen molar-refractivity contribution in [2.24, 2.45) is 0 Å². The third-order valence-corrected chi connectivity index (χ3v) is 6.82. The number of benzene rings is 2. The highest BCUT2D eigenvalue weighted by molar-refractivity contribution is 6.09. The highest BCUT2D eigenvalue weighted by atomic mass is 19.1. The lowest BCUT2D eigenvalue weighted by molar-refractivity contribution is 0.0522. The van der Waals surface area contributed by atoms with Gasteiger partial charge in [0, 0.05) is 48.4 Å². The molecule has 2 aromatic heterocycles. The molecule has 1 amide bonds. The lowest BCUT2D eigenvalue weighted by atomic mass is 10.1. The fraction of sp³-hybridized carbons (Fsp3) is 0.300. The fourth-order valence-corrected chi connectivity index (χ4v) is 4.66. The number of hydrogen-bond acceptors (Lipinski definition) is 8. The number of amides is 1. The maximum Gasteiger partial charge on any atom is 0.435 e. The molecule has 0 atom stereocenters. The summed E-state index contributed by atoms with van der Waals surface area (Å²) in [5, 5.41) is 7.18. The second kappa shape index (κ2) is 11.3. The Kier molecular flexibility index (Phi) is 7.74. The number of fused-ring (bicyclic) bond motifs is 1. The monoisotopic (exact) mass is 576 g/mol. The summed E-state index contributed by atoms with van der Waals surface area (Å²) in [6.45, 7) is 8.72. The Hall–Kier alpha value is -4.71. The molecule has 42 heavy (non-hydrogen) atoms. The van der Waals surface area contributed by atoms with Crippen molar-refractivity contribution >= 4 is 40.7 Å². The Labute approximate surface area is 240 Å². The van der Waals surface area contributed by atoms with Gasteiger partial charge in [0.1, 0.15) is 29.0 Å². The number of carbonyl (C=O) groups excluding carboxylic acids is 3. The summed E-state index contributed by atoms with van der Waals surface area (Å²) in [5.41, 5.74) is -0.0962. The molecule has 10 nitrogen and oxygen atoms in total. The van der Waals surface area contributed by atoms with Crippen LogP contribution in [0.3, 0.4) is 0 Å². The summed E-state index contributed by atoms with van der Waals surface area (Å²) in [6, 6.07) is 10.2. The minimum Gasteiger partial charge on any atom is -0.442 e. The number of pyridine rings is 1. The molecule has 1 N–H and O–H groups in total. The van der Waals surface area contributed by atoms with Crippen molar-refractivity contribution in [3.05, 3.63) is 71.4 Å². The van der Waals surface area contributed by atoms with Gasteiger partial charge in [-0.3, -0.25) is 14.6 Å². The normalized spacial score (nSPS) is 14.2. The predicted octanol–water partition coefficient (Wildman–Crippen LogP) is 4.98. The van der Waals surface area contributed by atoms with Crippen molar-refractivity contribution in [1.82, 2.24) is 19.7 Å². The highest BCUT2D eigenvalue weighted by Crippen LogP contribution is 2.31. The molecular weight excluding hydrogens is 546 g/mol. The number of halogens is 2. The predicted molar refractivity (Wildman–Crippen MR) is 154 cm³/mol. The standard InChI is InChI=1S/C30H30F2N6O4/c1-30(2,3)42-29(41)38-25-16-33-24(26-22(31)13-18(17-39)14-23(26)32)15-21(25)27(35-38)34-28(40)19-5-7-20(8-6-19)37-11-9-36(4)10-12-37/h5-8,13-17H,9-12H2,1-4H3,(H,34,35,40). The molecule has 1 fully saturated rings. The molecule has 0 aliphatic carbocycles. The van der Waals surface area contributed by atoms with Crippen molar-refractivity contribution in [3.63, 3.8) is 0 Å². The number of piperazine rings is 1. The lowest BCUT2D eigenvalue weighted by Gasteiger charge is -2.34. The van der Waals surface area contributed by atoms with Crippen LogP contribution in [0.15, 0.2) is 48.7 Å². The minimum absolute atomic E-state index is 0.0296. The largest absolute Gasteiger partial charge is 0.442 e. The summed E-state index contributed by atoms with van der Waals surface area (Å²) in [7, 11) is 2.08. The number of nitrogens with zero attached hydrogens (tertiary/aromatic N) is 5. The molecule has 1 aliphatic heterocycles. The lowest BCUT2D eigenvalue weighted by Crippen LogP contribution is -2.44. The molecule has 2 aromatic carbocycles. The number of rotatable bonds is 5. The number of carbonyl (C=O) groups is 3. The molecule has 5 rings (SSSR count). The molecule has 1 aliphatic rings. The van der Waals surface area contributed by atoms with E-state index < -0.39 is 34.8 Å². The number of aromatic nitrogens is 3. The van der Waals surface area contributed by atoms with E-state index in [2.05, 4.69) is 32.2 Å². The van der Waals surface area contributed by atoms with Crippen LogP contribution in [0.4, 0.5) is 25.1 Å². The van der Waals surface area contributed by atoms with E-state index in [1.54, 1.807) is 32.9 Å². The van der Waals surface area contributed by atoms with E-state index in [4.69, 9.17) is 4.74 Å². The number of hydrogen-bond donors (Lipinski definition) is 1. The van der Waals surface area contributed by atoms with Crippen molar-refractivity contribution < 1.29 is 27.9 Å². The van der Waals surface area contributed by atoms with E-state index in [1.807, 2.05) is 12.1 Å². The molecule has 0 radical (unpaired) electrons. The Morgan fingerprint density at radius 3 is 2.24 bits per heavy atom. The first-order chi connectivity index (χ1) is 19.9. The van der Waals surface area contributed by atoms with E-state index in [1.165, 1.54) is 12.3 Å². The molecule has 1 saturated heterocycles. The van der Waals surface area contributed by atoms with Crippen LogP contribution in [-0.4, -0.2) is 76.8 Å². The van der Waals surface area contributed by atoms with Gasteiger partial charge >= 0.3 is 6.09 Å². The summed E-state index contributed by atoms with van der Waals surface area (Å²) in [4.78, 5) is 45.9. The van der Waals surface area contributed by atoms with Crippen LogP contribution in [0.5, 0.6) is 0 Å². The first-order valence-corrected chi connectivity index (χ1v) is 13.3. The SMILES string of the molecule is CN1CCN(c2ccc(C(=O)Nc3nn(C(=O)OC(C)(C)C)c4cnc(-c5c(F)cc(C=O)cc5F)cc34)cc2)CC1. The van der Waals surface area contributed by atoms with Crippen LogP contribution in [0.1, 0.15) is 41.5 Å². The van der Waals surface area contributed by atoms with Crippen molar-refractivity contribution in [2.45, 2.75) is 26.4 Å². The first-order valence-electron chi connectivity index (χ1n) is 13.3. The number of nitrogens with one attached hydrogen (secondary N) is 1. The number of likely N-dealkylation sites (N-methyl/N-ethyl adjacent to an activating group) is 1. The zero-order chi connectivity index (χ0) is 30.2. The minimum atomic E-state index is -0.991. The molecule has 0 bridgehead atoms. The Balaban J connectivity index is 1.50. The summed E-state index contributed by atoms with van der Waals surface area (Å²) < 4.78 is 36.0. The van der Waals surface area contributed by atoms with Crippen molar-refractivity contribution in [1.29, 1.82) is 0 Å². The highest BCUT2D eigenvalue weighted by Gasteiger charge is 2.25. The van der Waals surface area contributed by atoms with Crippen molar-refractivity contribution in [3.8, 4) is 11.3 Å². The topological polar surface area (TPSA) is 110 Å². The van der Waals surface area contributed by atoms with Gasteiger partial charge in [0.05, 0.1) is 17.5 Å². The maximum atomic E-state index is 14.8. The number of anilines is 2. The third kappa shape index (κ3) is 5.98. The second-order valence-corrected chi connectivity index (χ2v) is 11.1. The van der Waals surface area contributed by atoms with Crippen LogP contribution in [0, 0.1) is 11.6 Å². The zero-order valence-electron chi connectivity index (χ0n) is 23.6. The van der Waals surface area contributed by atoms with Crippen molar-refractivity contribution in [2.75, 3.05) is 43.4 Å². The molecule has 0 saturated carbocycles. The van der Waals surface area contributed by atoms with Crippen LogP contribution in [0.25, 0.3) is 22.2 Å². The van der Waals surface area contributed by atoms with Gasteiger partial charge in [0.15, 0.2) is 5.82 Å². The molecular formula is C30H30F2N6O4. The van der Waals surface area contributed by atoms with Gasteiger partial charge in [0.25, 0.3) is 5.91 Å². The summed E-state index contributed by atoms with van der Waals surface area (Å²) in [6.07, 6.45) is 0.726. The van der Waals surface area contributed by atoms with E-state index in [0.29, 0.717) is 11.8 Å². The fourth-order valence-electron chi connectivity index (χ4n) is 4.66. The molecule has 0 unspecified atom stereocenters. The molecule has 0 spiro atoms. The van der Waals surface area contributed by atoms with E-state index in [-0.39, 0.29) is 28.0 Å². The van der Waals surface area contributed by atoms with Crippen LogP contribution in [0.2, 0.25) is 0 Å². The van der Waals surface area contributed by atoms with E-state index in [0.717, 1.165) is 48.7 Å². The molecule has 4 aromatic rings. The summed E-state index contributed by atoms with van der Waals surface area (Å²) in [5.74, 6) is -2.51. The third-order valence-electron chi connectivity index (χ3n) is 6.82. The number of ether oxygens (including phenoxy) is 1. The Morgan fingerprint density at radius 2 is 1.64 bits per heavy atom. The summed E-state index contributed by atoms with van der Waals surface area (Å²) >= 11 is 0. The van der Waals surface area contributed by atoms with Gasteiger partial charge in [-0.2, -0.15) is 4.68 Å². The molecule has 218 valence electrons. The van der Waals surface area contributed by atoms with E-state index in [9.17, 15) is 23.2 Å². The van der Waals surface area contributed by atoms with E-state index >= 15 is 0 Å². The number of aldehydes is 1. The zero-order valence-corrected chi connectivity index (χ0v) is 23.6. The maximum absolute atomic E-state index is 14.8. The smallest absolute Gasteiger partial charge is 0.435 e. The van der Waals surface area contributed by atoms with Crippen LogP contribution in [-0.2, 0) is 4.74 Å². The quantitative estimate of drug-likeness (QED) is 0.332.